The van der Waals surface area contributed by atoms with Gasteiger partial charge >= 0.3 is 0 Å². The van der Waals surface area contributed by atoms with Crippen molar-refractivity contribution in [3.05, 3.63) is 48.5 Å². The maximum absolute atomic E-state index is 12.2. The quantitative estimate of drug-likeness (QED) is 0.704. The highest BCUT2D eigenvalue weighted by Gasteiger charge is 2.30. The number of rotatable bonds is 1. The highest BCUT2D eigenvalue weighted by atomic mass is 32.1. The fourth-order valence-electron chi connectivity index (χ4n) is 3.83. The number of nitrogens with one attached hydrogen (secondary N) is 2. The second-order valence-corrected chi connectivity index (χ2v) is 7.77. The number of amides is 1. The standard InChI is InChI=1S/C20H19N3OS/c24-20-11-15-12-21-7-8-23(15)17-9-14(5-6-16(17)22-20)19-10-13-3-1-2-4-18(13)25-19/h1-6,9-10,15,21H,7-8,11-12H2,(H,22,24). The second kappa shape index (κ2) is 5.86. The lowest BCUT2D eigenvalue weighted by Gasteiger charge is -2.36. The Balaban J connectivity index is 1.61. The molecule has 2 aliphatic rings. The minimum absolute atomic E-state index is 0.104. The van der Waals surface area contributed by atoms with Crippen LogP contribution in [0, 0.1) is 0 Å². The molecule has 0 saturated carbocycles. The van der Waals surface area contributed by atoms with Crippen LogP contribution >= 0.6 is 11.3 Å². The van der Waals surface area contributed by atoms with Crippen LogP contribution in [0.15, 0.2) is 48.5 Å². The van der Waals surface area contributed by atoms with Crippen molar-refractivity contribution in [1.82, 2.24) is 5.32 Å². The molecule has 2 aromatic carbocycles. The van der Waals surface area contributed by atoms with Gasteiger partial charge < -0.3 is 15.5 Å². The number of benzene rings is 2. The smallest absolute Gasteiger partial charge is 0.226 e. The van der Waals surface area contributed by atoms with Gasteiger partial charge in [0, 0.05) is 35.6 Å². The lowest BCUT2D eigenvalue weighted by molar-refractivity contribution is -0.116. The predicted octanol–water partition coefficient (Wildman–Crippen LogP) is 3.69. The molecule has 3 aromatic rings. The largest absolute Gasteiger partial charge is 0.364 e. The van der Waals surface area contributed by atoms with E-state index in [2.05, 4.69) is 64.1 Å². The van der Waals surface area contributed by atoms with Crippen molar-refractivity contribution in [3.63, 3.8) is 0 Å². The first kappa shape index (κ1) is 14.9. The summed E-state index contributed by atoms with van der Waals surface area (Å²) in [5.74, 6) is 0.104. The zero-order valence-corrected chi connectivity index (χ0v) is 14.6. The van der Waals surface area contributed by atoms with Gasteiger partial charge in [-0.25, -0.2) is 0 Å². The zero-order chi connectivity index (χ0) is 16.8. The third-order valence-electron chi connectivity index (χ3n) is 5.06. The number of carbonyl (C=O) groups excluding carboxylic acids is 1. The molecule has 5 heteroatoms. The predicted molar refractivity (Wildman–Crippen MR) is 105 cm³/mol. The van der Waals surface area contributed by atoms with Crippen LogP contribution in [0.3, 0.4) is 0 Å². The molecule has 1 fully saturated rings. The van der Waals surface area contributed by atoms with E-state index in [0.717, 1.165) is 31.0 Å². The van der Waals surface area contributed by atoms with Crippen molar-refractivity contribution < 1.29 is 4.79 Å². The van der Waals surface area contributed by atoms with Crippen molar-refractivity contribution >= 4 is 38.7 Å². The van der Waals surface area contributed by atoms with Crippen LogP contribution in [0.5, 0.6) is 0 Å². The van der Waals surface area contributed by atoms with Gasteiger partial charge in [0.05, 0.1) is 17.4 Å². The Hall–Kier alpha value is -2.37. The normalized spacial score (nSPS) is 19.9. The summed E-state index contributed by atoms with van der Waals surface area (Å²) in [6, 6.07) is 17.4. The number of carbonyl (C=O) groups is 1. The Labute approximate surface area is 150 Å². The van der Waals surface area contributed by atoms with Crippen LogP contribution in [-0.4, -0.2) is 31.6 Å². The van der Waals surface area contributed by atoms with Gasteiger partial charge in [0.25, 0.3) is 0 Å². The van der Waals surface area contributed by atoms with E-state index in [1.807, 2.05) is 11.3 Å². The first-order valence-corrected chi connectivity index (χ1v) is 9.50. The summed E-state index contributed by atoms with van der Waals surface area (Å²) in [5, 5.41) is 7.77. The van der Waals surface area contributed by atoms with E-state index in [1.165, 1.54) is 20.5 Å². The number of nitrogens with zero attached hydrogens (tertiary/aromatic N) is 1. The van der Waals surface area contributed by atoms with Gasteiger partial charge in [-0.3, -0.25) is 4.79 Å². The molecule has 4 nitrogen and oxygen atoms in total. The third-order valence-corrected chi connectivity index (χ3v) is 6.23. The van der Waals surface area contributed by atoms with Crippen molar-refractivity contribution in [2.45, 2.75) is 12.5 Å². The molecular weight excluding hydrogens is 330 g/mol. The Bertz CT molecular complexity index is 931. The Morgan fingerprint density at radius 1 is 1.12 bits per heavy atom. The molecule has 2 N–H and O–H groups in total. The number of piperazine rings is 1. The van der Waals surface area contributed by atoms with Gasteiger partial charge in [-0.05, 0) is 35.2 Å². The fourth-order valence-corrected chi connectivity index (χ4v) is 4.89. The average Bonchev–Trinajstić information content (AvgIpc) is 3.00. The summed E-state index contributed by atoms with van der Waals surface area (Å²) in [4.78, 5) is 15.9. The summed E-state index contributed by atoms with van der Waals surface area (Å²) >= 11 is 1.82. The average molecular weight is 349 g/mol. The number of thiophene rings is 1. The maximum atomic E-state index is 12.2. The van der Waals surface area contributed by atoms with E-state index in [1.54, 1.807) is 0 Å². The van der Waals surface area contributed by atoms with Gasteiger partial charge in [0.2, 0.25) is 5.91 Å². The van der Waals surface area contributed by atoms with Crippen LogP contribution in [0.2, 0.25) is 0 Å². The molecule has 25 heavy (non-hydrogen) atoms. The van der Waals surface area contributed by atoms with Crippen molar-refractivity contribution in [2.75, 3.05) is 29.9 Å². The topological polar surface area (TPSA) is 44.4 Å². The van der Waals surface area contributed by atoms with Gasteiger partial charge in [-0.1, -0.05) is 24.3 Å². The van der Waals surface area contributed by atoms with Gasteiger partial charge in [-0.2, -0.15) is 0 Å². The molecular formula is C20H19N3OS. The van der Waals surface area contributed by atoms with E-state index in [-0.39, 0.29) is 11.9 Å². The molecule has 1 amide bonds. The van der Waals surface area contributed by atoms with Gasteiger partial charge in [0.1, 0.15) is 0 Å². The molecule has 3 heterocycles. The lowest BCUT2D eigenvalue weighted by atomic mass is 10.1. The van der Waals surface area contributed by atoms with Gasteiger partial charge in [0.15, 0.2) is 0 Å². The number of anilines is 2. The highest BCUT2D eigenvalue weighted by Crippen LogP contribution is 2.39. The molecule has 126 valence electrons. The van der Waals surface area contributed by atoms with Crippen molar-refractivity contribution in [1.29, 1.82) is 0 Å². The summed E-state index contributed by atoms with van der Waals surface area (Å²) in [6.07, 6.45) is 0.542. The molecule has 0 radical (unpaired) electrons. The second-order valence-electron chi connectivity index (χ2n) is 6.68. The van der Waals surface area contributed by atoms with Crippen LogP contribution < -0.4 is 15.5 Å². The van der Waals surface area contributed by atoms with Crippen molar-refractivity contribution in [2.24, 2.45) is 0 Å². The zero-order valence-electron chi connectivity index (χ0n) is 13.8. The van der Waals surface area contributed by atoms with E-state index in [9.17, 15) is 4.79 Å². The molecule has 1 unspecified atom stereocenters. The SMILES string of the molecule is O=C1CC2CNCCN2c2cc(-c3cc4ccccc4s3)ccc2N1. The fraction of sp³-hybridized carbons (Fsp3) is 0.250. The maximum Gasteiger partial charge on any atom is 0.226 e. The van der Waals surface area contributed by atoms with Gasteiger partial charge in [-0.15, -0.1) is 11.3 Å². The summed E-state index contributed by atoms with van der Waals surface area (Å²) in [6.45, 7) is 2.75. The Morgan fingerprint density at radius 2 is 2.04 bits per heavy atom. The first-order valence-electron chi connectivity index (χ1n) is 8.68. The first-order chi connectivity index (χ1) is 12.3. The molecule has 0 bridgehead atoms. The van der Waals surface area contributed by atoms with E-state index >= 15 is 0 Å². The highest BCUT2D eigenvalue weighted by molar-refractivity contribution is 7.22. The molecule has 1 aromatic heterocycles. The van der Waals surface area contributed by atoms with Crippen LogP contribution in [0.1, 0.15) is 6.42 Å². The molecule has 0 spiro atoms. The van der Waals surface area contributed by atoms with E-state index < -0.39 is 0 Å². The number of hydrogen-bond donors (Lipinski definition) is 2. The number of fused-ring (bicyclic) bond motifs is 4. The minimum Gasteiger partial charge on any atom is -0.364 e. The lowest BCUT2D eigenvalue weighted by Crippen LogP contribution is -2.51. The minimum atomic E-state index is 0.104. The Morgan fingerprint density at radius 3 is 2.96 bits per heavy atom. The molecule has 5 rings (SSSR count). The van der Waals surface area contributed by atoms with Crippen LogP contribution in [-0.2, 0) is 4.79 Å². The molecule has 0 aliphatic carbocycles. The number of hydrogen-bond acceptors (Lipinski definition) is 4. The molecule has 1 saturated heterocycles. The Kier molecular flexibility index (Phi) is 3.50. The summed E-state index contributed by atoms with van der Waals surface area (Å²) in [7, 11) is 0. The summed E-state index contributed by atoms with van der Waals surface area (Å²) in [5.41, 5.74) is 3.29. The monoisotopic (exact) mass is 349 g/mol. The molecule has 2 aliphatic heterocycles. The van der Waals surface area contributed by atoms with Crippen LogP contribution in [0.25, 0.3) is 20.5 Å². The van der Waals surface area contributed by atoms with E-state index in [0.29, 0.717) is 6.42 Å². The van der Waals surface area contributed by atoms with Crippen LogP contribution in [0.4, 0.5) is 11.4 Å². The van der Waals surface area contributed by atoms with E-state index in [4.69, 9.17) is 0 Å². The third kappa shape index (κ3) is 2.60. The summed E-state index contributed by atoms with van der Waals surface area (Å²) < 4.78 is 1.31. The van der Waals surface area contributed by atoms with Crippen molar-refractivity contribution in [3.8, 4) is 10.4 Å². The molecule has 1 atom stereocenters.